The summed E-state index contributed by atoms with van der Waals surface area (Å²) in [5.74, 6) is -0.0153. The van der Waals surface area contributed by atoms with Gasteiger partial charge in [-0.2, -0.15) is 5.26 Å². The number of Topliss-reactive ketones (excluding diaryl/α,β-unsaturated/α-hetero) is 1. The lowest BCUT2D eigenvalue weighted by molar-refractivity contribution is -0.115. The van der Waals surface area contributed by atoms with Crippen molar-refractivity contribution in [3.8, 4) is 11.8 Å². The first-order valence-electron chi connectivity index (χ1n) is 7.79. The lowest BCUT2D eigenvalue weighted by atomic mass is 9.93. The number of allylic oxidation sites excluding steroid dienone is 1. The van der Waals surface area contributed by atoms with Crippen LogP contribution in [0.5, 0.6) is 5.75 Å². The fourth-order valence-electron chi connectivity index (χ4n) is 2.42. The van der Waals surface area contributed by atoms with Crippen LogP contribution in [0.1, 0.15) is 36.8 Å². The number of nitrogens with zero attached hydrogens (tertiary/aromatic N) is 1. The molecule has 0 spiro atoms. The van der Waals surface area contributed by atoms with E-state index in [9.17, 15) is 15.2 Å². The smallest absolute Gasteiger partial charge is 0.173 e. The molecule has 0 aliphatic heterocycles. The zero-order chi connectivity index (χ0) is 17.5. The van der Waals surface area contributed by atoms with Crippen LogP contribution in [0.15, 0.2) is 54.1 Å². The topological polar surface area (TPSA) is 87.1 Å². The number of ketones is 1. The van der Waals surface area contributed by atoms with E-state index in [1.807, 2.05) is 36.4 Å². The highest BCUT2D eigenvalue weighted by Crippen LogP contribution is 2.24. The van der Waals surface area contributed by atoms with Crippen molar-refractivity contribution in [3.05, 3.63) is 65.2 Å². The van der Waals surface area contributed by atoms with Gasteiger partial charge in [0.1, 0.15) is 11.8 Å². The molecule has 24 heavy (non-hydrogen) atoms. The van der Waals surface area contributed by atoms with Crippen molar-refractivity contribution in [2.45, 2.75) is 25.7 Å². The molecule has 4 nitrogen and oxygen atoms in total. The number of carbonyl (C=O) groups is 1. The van der Waals surface area contributed by atoms with Gasteiger partial charge in [-0.15, -0.1) is 0 Å². The first-order valence-corrected chi connectivity index (χ1v) is 7.79. The molecular formula is C20H20N2O2. The molecule has 0 amide bonds. The van der Waals surface area contributed by atoms with Gasteiger partial charge in [0.2, 0.25) is 0 Å². The van der Waals surface area contributed by atoms with Crippen molar-refractivity contribution in [2.75, 3.05) is 5.73 Å². The maximum atomic E-state index is 12.3. The summed E-state index contributed by atoms with van der Waals surface area (Å²) in [4.78, 5) is 12.3. The van der Waals surface area contributed by atoms with E-state index in [1.54, 1.807) is 6.07 Å². The molecule has 2 aromatic rings. The van der Waals surface area contributed by atoms with Gasteiger partial charge in [0.15, 0.2) is 5.78 Å². The van der Waals surface area contributed by atoms with Crippen LogP contribution >= 0.6 is 0 Å². The minimum Gasteiger partial charge on any atom is -0.506 e. The Morgan fingerprint density at radius 3 is 2.62 bits per heavy atom. The van der Waals surface area contributed by atoms with Gasteiger partial charge in [0.05, 0.1) is 11.3 Å². The summed E-state index contributed by atoms with van der Waals surface area (Å²) < 4.78 is 0. The minimum absolute atomic E-state index is 0.0637. The Morgan fingerprint density at radius 2 is 2.00 bits per heavy atom. The summed E-state index contributed by atoms with van der Waals surface area (Å²) in [7, 11) is 0. The molecule has 1 atom stereocenters. The average Bonchev–Trinajstić information content (AvgIpc) is 2.61. The number of hydrogen-bond acceptors (Lipinski definition) is 4. The maximum absolute atomic E-state index is 12.3. The van der Waals surface area contributed by atoms with Crippen LogP contribution in [-0.4, -0.2) is 10.9 Å². The summed E-state index contributed by atoms with van der Waals surface area (Å²) in [5, 5.41) is 18.8. The highest BCUT2D eigenvalue weighted by atomic mass is 16.3. The predicted molar refractivity (Wildman–Crippen MR) is 95.2 cm³/mol. The molecule has 0 saturated heterocycles. The molecule has 4 heteroatoms. The number of nitrogens with two attached hydrogens (primary N) is 1. The zero-order valence-electron chi connectivity index (χ0n) is 13.6. The van der Waals surface area contributed by atoms with Crippen LogP contribution in [0.2, 0.25) is 0 Å². The lowest BCUT2D eigenvalue weighted by Gasteiger charge is -2.10. The van der Waals surface area contributed by atoms with Gasteiger partial charge in [-0.3, -0.25) is 4.79 Å². The third-order valence-electron chi connectivity index (χ3n) is 3.96. The molecule has 2 aromatic carbocycles. The van der Waals surface area contributed by atoms with E-state index in [0.717, 1.165) is 0 Å². The maximum Gasteiger partial charge on any atom is 0.173 e. The van der Waals surface area contributed by atoms with Crippen molar-refractivity contribution < 1.29 is 9.90 Å². The molecular weight excluding hydrogens is 300 g/mol. The Kier molecular flexibility index (Phi) is 5.75. The van der Waals surface area contributed by atoms with E-state index in [2.05, 4.69) is 6.92 Å². The average molecular weight is 320 g/mol. The number of phenols is 1. The number of anilines is 1. The van der Waals surface area contributed by atoms with Gasteiger partial charge < -0.3 is 10.8 Å². The second-order valence-electron chi connectivity index (χ2n) is 5.76. The number of nitrogen functional groups attached to an aromatic ring is 1. The van der Waals surface area contributed by atoms with Crippen LogP contribution in [0.25, 0.3) is 6.08 Å². The normalized spacial score (nSPS) is 12.4. The van der Waals surface area contributed by atoms with E-state index in [0.29, 0.717) is 18.4 Å². The first kappa shape index (κ1) is 17.3. The SMILES string of the molecule is C[C@H](CCC(=O)/C(C#N)=C/c1ccc(N)c(O)c1)c1ccccc1. The molecule has 2 rings (SSSR count). The first-order chi connectivity index (χ1) is 11.5. The number of nitriles is 1. The van der Waals surface area contributed by atoms with Gasteiger partial charge in [0.25, 0.3) is 0 Å². The Hall–Kier alpha value is -3.06. The zero-order valence-corrected chi connectivity index (χ0v) is 13.6. The Labute approximate surface area is 141 Å². The molecule has 0 bridgehead atoms. The number of phenolic OH excluding ortho intramolecular Hbond substituents is 1. The summed E-state index contributed by atoms with van der Waals surface area (Å²) in [6.45, 7) is 2.07. The molecule has 0 aliphatic rings. The van der Waals surface area contributed by atoms with E-state index >= 15 is 0 Å². The number of benzene rings is 2. The summed E-state index contributed by atoms with van der Waals surface area (Å²) in [6.07, 6.45) is 2.46. The minimum atomic E-state index is -0.198. The van der Waals surface area contributed by atoms with Crippen molar-refractivity contribution in [1.82, 2.24) is 0 Å². The van der Waals surface area contributed by atoms with Crippen LogP contribution in [-0.2, 0) is 4.79 Å². The fourth-order valence-corrected chi connectivity index (χ4v) is 2.42. The molecule has 0 unspecified atom stereocenters. The summed E-state index contributed by atoms with van der Waals surface area (Å²) >= 11 is 0. The van der Waals surface area contributed by atoms with Crippen molar-refractivity contribution in [2.24, 2.45) is 0 Å². The third-order valence-corrected chi connectivity index (χ3v) is 3.96. The van der Waals surface area contributed by atoms with Gasteiger partial charge >= 0.3 is 0 Å². The molecule has 0 radical (unpaired) electrons. The molecule has 0 saturated carbocycles. The quantitative estimate of drug-likeness (QED) is 0.364. The van der Waals surface area contributed by atoms with E-state index in [-0.39, 0.29) is 28.7 Å². The standard InChI is InChI=1S/C20H20N2O2/c1-14(16-5-3-2-4-6-16)7-10-19(23)17(13-21)11-15-8-9-18(22)20(24)12-15/h2-6,8-9,11-12,14,24H,7,10,22H2,1H3/b17-11+/t14-/m1/s1. The summed E-state index contributed by atoms with van der Waals surface area (Å²) in [5.41, 5.74) is 7.64. The predicted octanol–water partition coefficient (Wildman–Crippen LogP) is 4.03. The lowest BCUT2D eigenvalue weighted by Crippen LogP contribution is -2.04. The van der Waals surface area contributed by atoms with Gasteiger partial charge in [-0.25, -0.2) is 0 Å². The number of carbonyl (C=O) groups excluding carboxylic acids is 1. The second-order valence-corrected chi connectivity index (χ2v) is 5.76. The van der Waals surface area contributed by atoms with E-state index in [1.165, 1.54) is 23.8 Å². The van der Waals surface area contributed by atoms with Crippen molar-refractivity contribution >= 4 is 17.5 Å². The van der Waals surface area contributed by atoms with Gasteiger partial charge in [-0.1, -0.05) is 43.3 Å². The van der Waals surface area contributed by atoms with Crippen molar-refractivity contribution in [3.63, 3.8) is 0 Å². The molecule has 0 aromatic heterocycles. The van der Waals surface area contributed by atoms with E-state index < -0.39 is 0 Å². The van der Waals surface area contributed by atoms with Gasteiger partial charge in [0, 0.05) is 6.42 Å². The molecule has 0 fully saturated rings. The van der Waals surface area contributed by atoms with Crippen LogP contribution in [0, 0.1) is 11.3 Å². The number of rotatable bonds is 6. The second kappa shape index (κ2) is 7.98. The Morgan fingerprint density at radius 1 is 1.29 bits per heavy atom. The fraction of sp³-hybridized carbons (Fsp3) is 0.200. The highest BCUT2D eigenvalue weighted by Gasteiger charge is 2.13. The number of hydrogen-bond donors (Lipinski definition) is 2. The Bertz CT molecular complexity index is 789. The largest absolute Gasteiger partial charge is 0.506 e. The molecule has 0 aliphatic carbocycles. The molecule has 122 valence electrons. The van der Waals surface area contributed by atoms with Crippen molar-refractivity contribution in [1.29, 1.82) is 5.26 Å². The third kappa shape index (κ3) is 4.47. The van der Waals surface area contributed by atoms with E-state index in [4.69, 9.17) is 5.73 Å². The molecule has 0 heterocycles. The Balaban J connectivity index is 2.05. The van der Waals surface area contributed by atoms with Crippen LogP contribution in [0.3, 0.4) is 0 Å². The van der Waals surface area contributed by atoms with Crippen LogP contribution < -0.4 is 5.73 Å². The van der Waals surface area contributed by atoms with Crippen LogP contribution in [0.4, 0.5) is 5.69 Å². The molecule has 3 N–H and O–H groups in total. The number of aromatic hydroxyl groups is 1. The van der Waals surface area contributed by atoms with Gasteiger partial charge in [-0.05, 0) is 41.7 Å². The monoisotopic (exact) mass is 320 g/mol. The highest BCUT2D eigenvalue weighted by molar-refractivity contribution is 6.03. The summed E-state index contributed by atoms with van der Waals surface area (Å²) in [6, 6.07) is 16.6.